The van der Waals surface area contributed by atoms with Crippen molar-refractivity contribution >= 4 is 22.4 Å². The summed E-state index contributed by atoms with van der Waals surface area (Å²) in [4.78, 5) is 15.6. The highest BCUT2D eigenvalue weighted by molar-refractivity contribution is 7.13. The fourth-order valence-corrected chi connectivity index (χ4v) is 2.30. The van der Waals surface area contributed by atoms with Crippen LogP contribution in [-0.4, -0.2) is 17.4 Å². The van der Waals surface area contributed by atoms with E-state index in [2.05, 4.69) is 17.2 Å². The Hall–Kier alpha value is -1.10. The average Bonchev–Trinajstić information content (AvgIpc) is 3.01. The molecule has 2 rings (SSSR count). The normalized spacial score (nSPS) is 17.1. The molecule has 1 saturated carbocycles. The highest BCUT2D eigenvalue weighted by Gasteiger charge is 2.27. The second-order valence-electron chi connectivity index (χ2n) is 4.47. The van der Waals surface area contributed by atoms with Gasteiger partial charge in [-0.2, -0.15) is 0 Å². The van der Waals surface area contributed by atoms with Crippen molar-refractivity contribution in [3.8, 4) is 0 Å². The summed E-state index contributed by atoms with van der Waals surface area (Å²) in [5.41, 5.74) is 6.26. The second-order valence-corrected chi connectivity index (χ2v) is 5.36. The number of carbonyl (C=O) groups excluding carboxylic acids is 1. The molecule has 3 N–H and O–H groups in total. The third kappa shape index (κ3) is 3.20. The highest BCUT2D eigenvalue weighted by atomic mass is 32.1. The van der Waals surface area contributed by atoms with Gasteiger partial charge in [0.05, 0.1) is 12.1 Å². The number of anilines is 1. The first-order chi connectivity index (χ1) is 7.65. The summed E-state index contributed by atoms with van der Waals surface area (Å²) in [5.74, 6) is 1.47. The van der Waals surface area contributed by atoms with Gasteiger partial charge in [-0.15, -0.1) is 11.3 Å². The minimum Gasteiger partial charge on any atom is -0.375 e. The van der Waals surface area contributed by atoms with Gasteiger partial charge in [-0.3, -0.25) is 4.79 Å². The summed E-state index contributed by atoms with van der Waals surface area (Å²) in [6, 6.07) is 0. The molecule has 0 aromatic carbocycles. The molecule has 16 heavy (non-hydrogen) atoms. The van der Waals surface area contributed by atoms with Crippen molar-refractivity contribution in [2.75, 3.05) is 12.3 Å². The van der Waals surface area contributed by atoms with Crippen LogP contribution < -0.4 is 11.1 Å². The van der Waals surface area contributed by atoms with Gasteiger partial charge < -0.3 is 11.1 Å². The van der Waals surface area contributed by atoms with E-state index in [0.29, 0.717) is 17.5 Å². The molecule has 1 aromatic heterocycles. The van der Waals surface area contributed by atoms with Gasteiger partial charge in [-0.25, -0.2) is 4.98 Å². The van der Waals surface area contributed by atoms with Crippen molar-refractivity contribution in [2.24, 2.45) is 11.8 Å². The summed E-state index contributed by atoms with van der Waals surface area (Å²) in [6.07, 6.45) is 2.98. The fourth-order valence-electron chi connectivity index (χ4n) is 1.74. The lowest BCUT2D eigenvalue weighted by Gasteiger charge is -2.10. The Bertz CT molecular complexity index is 373. The number of carbonyl (C=O) groups is 1. The van der Waals surface area contributed by atoms with Crippen molar-refractivity contribution in [3.05, 3.63) is 11.1 Å². The van der Waals surface area contributed by atoms with Crippen LogP contribution >= 0.6 is 11.3 Å². The number of amides is 1. The molecule has 1 heterocycles. The van der Waals surface area contributed by atoms with E-state index in [-0.39, 0.29) is 5.91 Å². The standard InChI is InChI=1S/C11H17N3OS/c1-7(8-2-3-8)5-13-10(15)4-9-6-16-11(12)14-9/h6-8H,2-5H2,1H3,(H2,12,14)(H,13,15). The number of nitrogens with one attached hydrogen (secondary N) is 1. The van der Waals surface area contributed by atoms with Gasteiger partial charge in [0.15, 0.2) is 5.13 Å². The summed E-state index contributed by atoms with van der Waals surface area (Å²) in [7, 11) is 0. The summed E-state index contributed by atoms with van der Waals surface area (Å²) < 4.78 is 0. The van der Waals surface area contributed by atoms with Crippen LogP contribution in [0.5, 0.6) is 0 Å². The molecule has 1 aliphatic carbocycles. The maximum Gasteiger partial charge on any atom is 0.226 e. The summed E-state index contributed by atoms with van der Waals surface area (Å²) in [6.45, 7) is 2.97. The van der Waals surface area contributed by atoms with Crippen molar-refractivity contribution in [1.82, 2.24) is 10.3 Å². The average molecular weight is 239 g/mol. The molecule has 1 aromatic rings. The van der Waals surface area contributed by atoms with Gasteiger partial charge in [0.1, 0.15) is 0 Å². The molecule has 0 bridgehead atoms. The zero-order valence-corrected chi connectivity index (χ0v) is 10.2. The zero-order chi connectivity index (χ0) is 11.5. The monoisotopic (exact) mass is 239 g/mol. The highest BCUT2D eigenvalue weighted by Crippen LogP contribution is 2.36. The minimum absolute atomic E-state index is 0.0396. The van der Waals surface area contributed by atoms with Crippen LogP contribution in [0, 0.1) is 11.8 Å². The molecule has 0 saturated heterocycles. The lowest BCUT2D eigenvalue weighted by Crippen LogP contribution is -2.30. The van der Waals surface area contributed by atoms with Crippen LogP contribution in [0.25, 0.3) is 0 Å². The van der Waals surface area contributed by atoms with Gasteiger partial charge in [0.2, 0.25) is 5.91 Å². The van der Waals surface area contributed by atoms with E-state index >= 15 is 0 Å². The van der Waals surface area contributed by atoms with Gasteiger partial charge in [-0.1, -0.05) is 6.92 Å². The number of thiazole rings is 1. The molecule has 0 aliphatic heterocycles. The van der Waals surface area contributed by atoms with E-state index in [1.165, 1.54) is 24.2 Å². The largest absolute Gasteiger partial charge is 0.375 e. The first-order valence-electron chi connectivity index (χ1n) is 5.61. The number of hydrogen-bond donors (Lipinski definition) is 2. The van der Waals surface area contributed by atoms with Crippen LogP contribution in [0.4, 0.5) is 5.13 Å². The molecule has 1 atom stereocenters. The van der Waals surface area contributed by atoms with E-state index in [0.717, 1.165) is 18.2 Å². The number of hydrogen-bond acceptors (Lipinski definition) is 4. The van der Waals surface area contributed by atoms with Gasteiger partial charge in [0, 0.05) is 11.9 Å². The smallest absolute Gasteiger partial charge is 0.226 e. The van der Waals surface area contributed by atoms with E-state index in [1.54, 1.807) is 0 Å². The number of aromatic nitrogens is 1. The molecular formula is C11H17N3OS. The Kier molecular flexibility index (Phi) is 3.43. The maximum absolute atomic E-state index is 11.6. The molecule has 1 amide bonds. The van der Waals surface area contributed by atoms with E-state index in [9.17, 15) is 4.79 Å². The lowest BCUT2D eigenvalue weighted by atomic mass is 10.1. The van der Waals surface area contributed by atoms with E-state index < -0.39 is 0 Å². The molecule has 1 fully saturated rings. The van der Waals surface area contributed by atoms with Crippen LogP contribution in [-0.2, 0) is 11.2 Å². The third-order valence-electron chi connectivity index (χ3n) is 2.96. The Morgan fingerprint density at radius 1 is 1.75 bits per heavy atom. The Labute approximate surface area is 99.3 Å². The molecule has 1 unspecified atom stereocenters. The number of nitrogens with two attached hydrogens (primary N) is 1. The van der Waals surface area contributed by atoms with Gasteiger partial charge in [0.25, 0.3) is 0 Å². The fraction of sp³-hybridized carbons (Fsp3) is 0.636. The Morgan fingerprint density at radius 2 is 2.50 bits per heavy atom. The molecule has 1 aliphatic rings. The molecule has 5 heteroatoms. The lowest BCUT2D eigenvalue weighted by molar-refractivity contribution is -0.120. The van der Waals surface area contributed by atoms with Crippen molar-refractivity contribution < 1.29 is 4.79 Å². The van der Waals surface area contributed by atoms with E-state index in [1.807, 2.05) is 5.38 Å². The summed E-state index contributed by atoms with van der Waals surface area (Å²) >= 11 is 1.37. The van der Waals surface area contributed by atoms with Crippen molar-refractivity contribution in [3.63, 3.8) is 0 Å². The summed E-state index contributed by atoms with van der Waals surface area (Å²) in [5, 5.41) is 5.30. The predicted molar refractivity (Wildman–Crippen MR) is 65.1 cm³/mol. The molecule has 4 nitrogen and oxygen atoms in total. The zero-order valence-electron chi connectivity index (χ0n) is 9.40. The van der Waals surface area contributed by atoms with Gasteiger partial charge in [-0.05, 0) is 24.7 Å². The molecule has 88 valence electrons. The van der Waals surface area contributed by atoms with Gasteiger partial charge >= 0.3 is 0 Å². The first kappa shape index (κ1) is 11.4. The Morgan fingerprint density at radius 3 is 3.06 bits per heavy atom. The molecular weight excluding hydrogens is 222 g/mol. The predicted octanol–water partition coefficient (Wildman–Crippen LogP) is 1.43. The first-order valence-corrected chi connectivity index (χ1v) is 6.49. The quantitative estimate of drug-likeness (QED) is 0.816. The number of nitrogens with zero attached hydrogens (tertiary/aromatic N) is 1. The maximum atomic E-state index is 11.6. The third-order valence-corrected chi connectivity index (χ3v) is 3.68. The molecule has 0 radical (unpaired) electrons. The second kappa shape index (κ2) is 4.82. The number of nitrogen functional groups attached to an aromatic ring is 1. The minimum atomic E-state index is 0.0396. The SMILES string of the molecule is CC(CNC(=O)Cc1csc(N)n1)C1CC1. The Balaban J connectivity index is 1.71. The topological polar surface area (TPSA) is 68.0 Å². The van der Waals surface area contributed by atoms with Crippen molar-refractivity contribution in [2.45, 2.75) is 26.2 Å². The van der Waals surface area contributed by atoms with E-state index in [4.69, 9.17) is 5.73 Å². The van der Waals surface area contributed by atoms with Crippen LogP contribution in [0.1, 0.15) is 25.5 Å². The van der Waals surface area contributed by atoms with Crippen molar-refractivity contribution in [1.29, 1.82) is 0 Å². The van der Waals surface area contributed by atoms with Crippen LogP contribution in [0.3, 0.4) is 0 Å². The number of rotatable bonds is 5. The van der Waals surface area contributed by atoms with Crippen LogP contribution in [0.2, 0.25) is 0 Å². The van der Waals surface area contributed by atoms with Crippen LogP contribution in [0.15, 0.2) is 5.38 Å². The molecule has 0 spiro atoms.